The first kappa shape index (κ1) is 19.5. The molecule has 4 rings (SSSR count). The Morgan fingerprint density at radius 1 is 1.24 bits per heavy atom. The van der Waals surface area contributed by atoms with Crippen LogP contribution in [0.4, 0.5) is 11.8 Å². The Labute approximate surface area is 167 Å². The first-order valence-corrected chi connectivity index (χ1v) is 9.45. The molecule has 0 saturated heterocycles. The molecular formula is C19H24N6O4. The number of benzene rings is 1. The van der Waals surface area contributed by atoms with E-state index in [0.717, 1.165) is 5.56 Å². The topological polar surface area (TPSA) is 143 Å². The average molecular weight is 400 g/mol. The van der Waals surface area contributed by atoms with Crippen molar-refractivity contribution in [1.29, 1.82) is 0 Å². The molecule has 1 aromatic carbocycles. The molecule has 10 heteroatoms. The summed E-state index contributed by atoms with van der Waals surface area (Å²) in [6.45, 7) is 1.85. The number of nitrogen functional groups attached to an aromatic ring is 1. The molecule has 1 aliphatic heterocycles. The summed E-state index contributed by atoms with van der Waals surface area (Å²) in [4.78, 5) is 18.6. The summed E-state index contributed by atoms with van der Waals surface area (Å²) in [6, 6.07) is 9.87. The van der Waals surface area contributed by atoms with Gasteiger partial charge in [0.15, 0.2) is 29.3 Å². The minimum Gasteiger partial charge on any atom is -0.396 e. The van der Waals surface area contributed by atoms with E-state index in [4.69, 9.17) is 10.6 Å². The van der Waals surface area contributed by atoms with Gasteiger partial charge in [-0.05, 0) is 12.0 Å². The van der Waals surface area contributed by atoms with Crippen LogP contribution in [0.15, 0.2) is 36.7 Å². The van der Waals surface area contributed by atoms with Gasteiger partial charge in [-0.1, -0.05) is 37.3 Å². The number of nitrogens with zero attached hydrogens (tertiary/aromatic N) is 5. The number of hydrogen-bond acceptors (Lipinski definition) is 9. The van der Waals surface area contributed by atoms with Crippen LogP contribution in [0.5, 0.6) is 0 Å². The fourth-order valence-electron chi connectivity index (χ4n) is 3.43. The number of hydrogen-bond donors (Lipinski definition) is 4. The summed E-state index contributed by atoms with van der Waals surface area (Å²) in [5.74, 6) is 0.0188. The Morgan fingerprint density at radius 3 is 2.72 bits per heavy atom. The van der Waals surface area contributed by atoms with Gasteiger partial charge in [0.25, 0.3) is 0 Å². The molecule has 0 fully saturated rings. The van der Waals surface area contributed by atoms with Crippen LogP contribution in [0.3, 0.4) is 0 Å². The zero-order chi connectivity index (χ0) is 20.5. The van der Waals surface area contributed by atoms with E-state index in [1.807, 2.05) is 30.3 Å². The summed E-state index contributed by atoms with van der Waals surface area (Å²) in [5, 5.41) is 32.6. The number of aliphatic hydroxyl groups is 3. The molecule has 0 aliphatic carbocycles. The van der Waals surface area contributed by atoms with Gasteiger partial charge in [0.2, 0.25) is 5.95 Å². The maximum absolute atomic E-state index is 10.9. The van der Waals surface area contributed by atoms with Crippen LogP contribution >= 0.6 is 0 Å². The maximum Gasteiger partial charge on any atom is 0.234 e. The fourth-order valence-corrected chi connectivity index (χ4v) is 3.43. The number of rotatable bonds is 6. The van der Waals surface area contributed by atoms with Crippen molar-refractivity contribution < 1.29 is 20.2 Å². The van der Waals surface area contributed by atoms with Gasteiger partial charge in [-0.25, -0.2) is 20.0 Å². The lowest BCUT2D eigenvalue weighted by atomic mass is 9.99. The highest BCUT2D eigenvalue weighted by molar-refractivity contribution is 5.84. The van der Waals surface area contributed by atoms with Crippen LogP contribution in [0, 0.1) is 5.92 Å². The molecule has 0 spiro atoms. The van der Waals surface area contributed by atoms with Gasteiger partial charge >= 0.3 is 0 Å². The van der Waals surface area contributed by atoms with E-state index in [2.05, 4.69) is 15.0 Å². The molecule has 0 unspecified atom stereocenters. The van der Waals surface area contributed by atoms with Crippen molar-refractivity contribution in [3.05, 3.63) is 42.2 Å². The zero-order valence-electron chi connectivity index (χ0n) is 16.0. The van der Waals surface area contributed by atoms with Gasteiger partial charge in [-0.15, -0.1) is 0 Å². The summed E-state index contributed by atoms with van der Waals surface area (Å²) in [5.41, 5.74) is 7.74. The van der Waals surface area contributed by atoms with Crippen LogP contribution in [-0.2, 0) is 11.3 Å². The van der Waals surface area contributed by atoms with E-state index in [9.17, 15) is 15.3 Å². The van der Waals surface area contributed by atoms with Crippen molar-refractivity contribution in [3.8, 4) is 0 Å². The van der Waals surface area contributed by atoms with Gasteiger partial charge in [-0.2, -0.15) is 0 Å². The van der Waals surface area contributed by atoms with E-state index in [0.29, 0.717) is 30.1 Å². The Bertz CT molecular complexity index is 981. The lowest BCUT2D eigenvalue weighted by Gasteiger charge is -2.40. The highest BCUT2D eigenvalue weighted by Gasteiger charge is 2.42. The van der Waals surface area contributed by atoms with E-state index < -0.39 is 24.4 Å². The average Bonchev–Trinajstić information content (AvgIpc) is 3.14. The second kappa shape index (κ2) is 7.91. The number of aliphatic hydroxyl groups excluding tert-OH is 3. The zero-order valence-corrected chi connectivity index (χ0v) is 16.0. The molecule has 1 aliphatic rings. The lowest BCUT2D eigenvalue weighted by Crippen LogP contribution is -2.50. The summed E-state index contributed by atoms with van der Waals surface area (Å²) < 4.78 is 1.49. The van der Waals surface area contributed by atoms with Gasteiger partial charge in [0, 0.05) is 12.5 Å². The Morgan fingerprint density at radius 2 is 2.00 bits per heavy atom. The van der Waals surface area contributed by atoms with Crippen molar-refractivity contribution in [2.75, 3.05) is 23.9 Å². The molecular weight excluding hydrogens is 376 g/mol. The second-order valence-electron chi connectivity index (χ2n) is 7.18. The first-order chi connectivity index (χ1) is 14.0. The Balaban J connectivity index is 1.73. The molecule has 5 N–H and O–H groups in total. The molecule has 0 radical (unpaired) electrons. The molecule has 29 heavy (non-hydrogen) atoms. The molecule has 3 aromatic rings. The molecule has 0 bridgehead atoms. The predicted molar refractivity (Wildman–Crippen MR) is 106 cm³/mol. The number of hydroxylamine groups is 1. The van der Waals surface area contributed by atoms with E-state index in [1.54, 1.807) is 6.92 Å². The highest BCUT2D eigenvalue weighted by Crippen LogP contribution is 2.36. The number of anilines is 2. The van der Waals surface area contributed by atoms with Crippen molar-refractivity contribution in [3.63, 3.8) is 0 Å². The Hall–Kier alpha value is -2.79. The molecule has 154 valence electrons. The maximum atomic E-state index is 10.9. The quantitative estimate of drug-likeness (QED) is 0.458. The summed E-state index contributed by atoms with van der Waals surface area (Å²) in [6.07, 6.45) is -1.45. The van der Waals surface area contributed by atoms with Crippen molar-refractivity contribution >= 4 is 22.9 Å². The molecule has 4 atom stereocenters. The monoisotopic (exact) mass is 400 g/mol. The third kappa shape index (κ3) is 3.51. The first-order valence-electron chi connectivity index (χ1n) is 9.45. The smallest absolute Gasteiger partial charge is 0.234 e. The van der Waals surface area contributed by atoms with Gasteiger partial charge in [-0.3, -0.25) is 9.40 Å². The van der Waals surface area contributed by atoms with E-state index in [1.165, 1.54) is 16.0 Å². The van der Waals surface area contributed by atoms with Crippen molar-refractivity contribution in [2.45, 2.75) is 31.8 Å². The van der Waals surface area contributed by atoms with E-state index >= 15 is 0 Å². The van der Waals surface area contributed by atoms with Crippen LogP contribution in [-0.4, -0.2) is 60.2 Å². The number of nitrogens with two attached hydrogens (primary N) is 1. The fraction of sp³-hybridized carbons (Fsp3) is 0.421. The van der Waals surface area contributed by atoms with Gasteiger partial charge in [0.05, 0.1) is 12.6 Å². The largest absolute Gasteiger partial charge is 0.396 e. The van der Waals surface area contributed by atoms with Crippen LogP contribution in [0.2, 0.25) is 0 Å². The minimum absolute atomic E-state index is 0.188. The van der Waals surface area contributed by atoms with Crippen LogP contribution in [0.1, 0.15) is 18.7 Å². The number of aromatic nitrogens is 4. The molecule has 2 aromatic heterocycles. The Kier molecular flexibility index (Phi) is 5.33. The van der Waals surface area contributed by atoms with Crippen molar-refractivity contribution in [1.82, 2.24) is 19.5 Å². The number of imidazole rings is 1. The lowest BCUT2D eigenvalue weighted by molar-refractivity contribution is -0.163. The van der Waals surface area contributed by atoms with Crippen molar-refractivity contribution in [2.24, 2.45) is 5.92 Å². The van der Waals surface area contributed by atoms with Crippen LogP contribution < -0.4 is 10.8 Å². The van der Waals surface area contributed by atoms with Gasteiger partial charge < -0.3 is 21.1 Å². The van der Waals surface area contributed by atoms with Crippen LogP contribution in [0.25, 0.3) is 11.2 Å². The van der Waals surface area contributed by atoms with E-state index in [-0.39, 0.29) is 12.4 Å². The molecule has 10 nitrogen and oxygen atoms in total. The second-order valence-corrected chi connectivity index (χ2v) is 7.18. The third-order valence-corrected chi connectivity index (χ3v) is 5.17. The molecule has 0 saturated carbocycles. The minimum atomic E-state index is -1.26. The predicted octanol–water partition coefficient (Wildman–Crippen LogP) is 0.252. The summed E-state index contributed by atoms with van der Waals surface area (Å²) >= 11 is 0. The third-order valence-electron chi connectivity index (χ3n) is 5.17. The molecule has 3 heterocycles. The standard InChI is InChI=1S/C19H24N6O4/c1-11(9-26)14(27)15-18(28)25-17-13(16(20)21-10-22-17)23-19(25)24(29-15)8-7-12-5-3-2-4-6-12/h2-6,10-11,14-15,18,26-28H,7-9H2,1H3,(H2,20,21,22)/t11-,14-,15-,18-/m1/s1. The normalized spacial score (nSPS) is 21.2. The van der Waals surface area contributed by atoms with Gasteiger partial charge in [0.1, 0.15) is 6.33 Å². The molecule has 0 amide bonds. The SMILES string of the molecule is C[C@H](CO)[C@@H](O)[C@H]1ON(CCc2ccccc2)c2nc3c(N)ncnc3n2[C@@H]1O. The highest BCUT2D eigenvalue weighted by atomic mass is 16.7. The summed E-state index contributed by atoms with van der Waals surface area (Å²) in [7, 11) is 0. The number of fused-ring (bicyclic) bond motifs is 3.